The molecule has 1 fully saturated rings. The molecule has 10 nitrogen and oxygen atoms in total. The number of ether oxygens (including phenoxy) is 1. The third kappa shape index (κ3) is 9.26. The van der Waals surface area contributed by atoms with Gasteiger partial charge in [0.1, 0.15) is 23.4 Å². The number of nitrogens with one attached hydrogen (secondary N) is 2. The lowest BCUT2D eigenvalue weighted by Crippen LogP contribution is -2.54. The molecule has 37 heavy (non-hydrogen) atoms. The van der Waals surface area contributed by atoms with E-state index in [2.05, 4.69) is 10.6 Å². The van der Waals surface area contributed by atoms with E-state index in [9.17, 15) is 24.3 Å². The summed E-state index contributed by atoms with van der Waals surface area (Å²) in [6, 6.07) is 2.66. The van der Waals surface area contributed by atoms with Crippen molar-refractivity contribution in [1.29, 1.82) is 0 Å². The first kappa shape index (κ1) is 29.9. The van der Waals surface area contributed by atoms with Crippen LogP contribution in [0.3, 0.4) is 0 Å². The van der Waals surface area contributed by atoms with Crippen molar-refractivity contribution in [3.63, 3.8) is 0 Å². The maximum absolute atomic E-state index is 13.8. The number of alkyl carbamates (subject to hydrolysis) is 1. The summed E-state index contributed by atoms with van der Waals surface area (Å²) in [4.78, 5) is 52.9. The molecule has 1 aliphatic rings. The molecule has 5 N–H and O–H groups in total. The van der Waals surface area contributed by atoms with Gasteiger partial charge < -0.3 is 31.1 Å². The van der Waals surface area contributed by atoms with Gasteiger partial charge in [-0.3, -0.25) is 14.4 Å². The van der Waals surface area contributed by atoms with E-state index in [1.807, 2.05) is 0 Å². The monoisotopic (exact) mass is 518 g/mol. The molecule has 0 aromatic heterocycles. The largest absolute Gasteiger partial charge is 0.508 e. The summed E-state index contributed by atoms with van der Waals surface area (Å²) >= 11 is 0. The number of aryl methyl sites for hydroxylation is 1. The predicted octanol–water partition coefficient (Wildman–Crippen LogP) is 3.20. The highest BCUT2D eigenvalue weighted by Crippen LogP contribution is 2.28. The minimum absolute atomic E-state index is 0.0151. The molecular weight excluding hydrogens is 476 g/mol. The van der Waals surface area contributed by atoms with E-state index in [1.165, 1.54) is 11.0 Å². The summed E-state index contributed by atoms with van der Waals surface area (Å²) in [5, 5.41) is 15.7. The van der Waals surface area contributed by atoms with Crippen LogP contribution in [0.25, 0.3) is 0 Å². The maximum atomic E-state index is 13.8. The van der Waals surface area contributed by atoms with Gasteiger partial charge in [0.25, 0.3) is 0 Å². The minimum atomic E-state index is -1.13. The average Bonchev–Trinajstić information content (AvgIpc) is 2.81. The summed E-state index contributed by atoms with van der Waals surface area (Å²) in [5.74, 6) is -1.41. The van der Waals surface area contributed by atoms with Gasteiger partial charge in [-0.25, -0.2) is 4.79 Å². The van der Waals surface area contributed by atoms with Crippen LogP contribution in [-0.2, 0) is 19.1 Å². The quantitative estimate of drug-likeness (QED) is 0.373. The molecule has 1 aromatic carbocycles. The summed E-state index contributed by atoms with van der Waals surface area (Å²) in [6.07, 6.45) is 3.93. The van der Waals surface area contributed by atoms with Crippen molar-refractivity contribution < 1.29 is 29.0 Å². The van der Waals surface area contributed by atoms with E-state index in [0.29, 0.717) is 11.1 Å². The maximum Gasteiger partial charge on any atom is 0.408 e. The highest BCUT2D eigenvalue weighted by atomic mass is 16.6. The van der Waals surface area contributed by atoms with Crippen LogP contribution in [0, 0.1) is 6.92 Å². The molecule has 4 amide bonds. The first-order valence-corrected chi connectivity index (χ1v) is 13.0. The van der Waals surface area contributed by atoms with Gasteiger partial charge >= 0.3 is 6.09 Å². The number of phenols is 1. The Balaban J connectivity index is 2.41. The molecule has 1 saturated carbocycles. The Morgan fingerprint density at radius 1 is 1.16 bits per heavy atom. The van der Waals surface area contributed by atoms with Crippen molar-refractivity contribution in [1.82, 2.24) is 15.5 Å². The van der Waals surface area contributed by atoms with Gasteiger partial charge in [0, 0.05) is 19.0 Å². The fraction of sp³-hybridized carbons (Fsp3) is 0.630. The molecule has 2 unspecified atom stereocenters. The molecule has 0 spiro atoms. The third-order valence-electron chi connectivity index (χ3n) is 6.34. The molecule has 0 bridgehead atoms. The lowest BCUT2D eigenvalue weighted by Gasteiger charge is -2.35. The Morgan fingerprint density at radius 3 is 2.35 bits per heavy atom. The summed E-state index contributed by atoms with van der Waals surface area (Å²) in [5.41, 5.74) is 5.62. The number of hydrogen-bond donors (Lipinski definition) is 4. The summed E-state index contributed by atoms with van der Waals surface area (Å²) in [7, 11) is 0. The number of benzene rings is 1. The van der Waals surface area contributed by atoms with E-state index in [0.717, 1.165) is 32.1 Å². The smallest absolute Gasteiger partial charge is 0.408 e. The number of aromatic hydroxyl groups is 1. The van der Waals surface area contributed by atoms with Crippen LogP contribution in [0.5, 0.6) is 5.75 Å². The molecule has 206 valence electrons. The van der Waals surface area contributed by atoms with Gasteiger partial charge in [0.2, 0.25) is 17.7 Å². The van der Waals surface area contributed by atoms with E-state index in [1.54, 1.807) is 46.8 Å². The van der Waals surface area contributed by atoms with Crippen LogP contribution in [0.15, 0.2) is 18.2 Å². The number of rotatable bonds is 10. The molecule has 1 aromatic rings. The van der Waals surface area contributed by atoms with E-state index in [4.69, 9.17) is 10.5 Å². The topological polar surface area (TPSA) is 151 Å². The van der Waals surface area contributed by atoms with Crippen molar-refractivity contribution in [3.05, 3.63) is 29.3 Å². The summed E-state index contributed by atoms with van der Waals surface area (Å²) in [6.45, 7) is 8.71. The Morgan fingerprint density at radius 2 is 1.81 bits per heavy atom. The summed E-state index contributed by atoms with van der Waals surface area (Å²) < 4.78 is 5.32. The van der Waals surface area contributed by atoms with Crippen molar-refractivity contribution in [3.8, 4) is 5.75 Å². The van der Waals surface area contributed by atoms with Crippen molar-refractivity contribution in [2.45, 2.75) is 103 Å². The zero-order valence-electron chi connectivity index (χ0n) is 22.6. The van der Waals surface area contributed by atoms with E-state index in [-0.39, 0.29) is 37.1 Å². The number of phenolic OH excluding ortho intramolecular Hbond substituents is 1. The average molecular weight is 519 g/mol. The zero-order valence-corrected chi connectivity index (χ0v) is 22.6. The molecule has 2 rings (SSSR count). The second-order valence-corrected chi connectivity index (χ2v) is 10.6. The first-order chi connectivity index (χ1) is 17.3. The van der Waals surface area contributed by atoms with Crippen LogP contribution in [-0.4, -0.2) is 58.1 Å². The number of carbonyl (C=O) groups excluding carboxylic acids is 4. The van der Waals surface area contributed by atoms with Crippen molar-refractivity contribution in [2.75, 3.05) is 6.54 Å². The second kappa shape index (κ2) is 13.3. The first-order valence-electron chi connectivity index (χ1n) is 13.0. The molecule has 0 saturated heterocycles. The molecule has 1 aliphatic carbocycles. The lowest BCUT2D eigenvalue weighted by atomic mass is 9.94. The number of carbonyl (C=O) groups is 4. The standard InChI is InChI=1S/C27H42N4O6/c1-6-31(25(35)20(13-15-22(28)33)30-26(36)37-27(3,4)5)23(18-12-14-21(32)17(2)16-18)24(34)29-19-10-8-7-9-11-19/h12,14,16,19-20,23,32H,6-11,13,15H2,1-5H3,(H2,28,33)(H,29,34)(H,30,36). The number of nitrogens with two attached hydrogens (primary N) is 1. The molecule has 0 aliphatic heterocycles. The lowest BCUT2D eigenvalue weighted by molar-refractivity contribution is -0.142. The van der Waals surface area contributed by atoms with Gasteiger partial charge in [-0.2, -0.15) is 0 Å². The number of amides is 4. The molecular formula is C27H42N4O6. The number of likely N-dealkylation sites (N-methyl/N-ethyl adjacent to an activating group) is 1. The van der Waals surface area contributed by atoms with Crippen LogP contribution < -0.4 is 16.4 Å². The Bertz CT molecular complexity index is 968. The molecule has 0 heterocycles. The zero-order chi connectivity index (χ0) is 27.8. The normalized spacial score (nSPS) is 15.8. The molecule has 10 heteroatoms. The Hall–Kier alpha value is -3.30. The Labute approximate surface area is 219 Å². The van der Waals surface area contributed by atoms with Crippen molar-refractivity contribution >= 4 is 23.8 Å². The predicted molar refractivity (Wildman–Crippen MR) is 140 cm³/mol. The van der Waals surface area contributed by atoms with Gasteiger partial charge in [-0.15, -0.1) is 0 Å². The Kier molecular flexibility index (Phi) is 10.8. The van der Waals surface area contributed by atoms with Crippen molar-refractivity contribution in [2.24, 2.45) is 5.73 Å². The number of hydrogen-bond acceptors (Lipinski definition) is 6. The van der Waals surface area contributed by atoms with Gasteiger partial charge in [-0.05, 0) is 77.1 Å². The van der Waals surface area contributed by atoms with Gasteiger partial charge in [0.05, 0.1) is 0 Å². The van der Waals surface area contributed by atoms with E-state index < -0.39 is 35.6 Å². The van der Waals surface area contributed by atoms with Crippen LogP contribution in [0.2, 0.25) is 0 Å². The van der Waals surface area contributed by atoms with Crippen LogP contribution >= 0.6 is 0 Å². The van der Waals surface area contributed by atoms with Crippen LogP contribution in [0.1, 0.15) is 89.8 Å². The van der Waals surface area contributed by atoms with E-state index >= 15 is 0 Å². The van der Waals surface area contributed by atoms with Crippen LogP contribution in [0.4, 0.5) is 4.79 Å². The highest BCUT2D eigenvalue weighted by Gasteiger charge is 2.36. The van der Waals surface area contributed by atoms with Gasteiger partial charge in [0.15, 0.2) is 0 Å². The molecule has 0 radical (unpaired) electrons. The molecule has 2 atom stereocenters. The highest BCUT2D eigenvalue weighted by molar-refractivity contribution is 5.92. The fourth-order valence-corrected chi connectivity index (χ4v) is 4.51. The minimum Gasteiger partial charge on any atom is -0.508 e. The number of nitrogens with zero attached hydrogens (tertiary/aromatic N) is 1. The van der Waals surface area contributed by atoms with Gasteiger partial charge in [-0.1, -0.05) is 25.3 Å². The SMILES string of the molecule is CCN(C(=O)C(CCC(N)=O)NC(=O)OC(C)(C)C)C(C(=O)NC1CCCCC1)c1ccc(O)c(C)c1. The third-order valence-corrected chi connectivity index (χ3v) is 6.34. The number of primary amides is 1. The second-order valence-electron chi connectivity index (χ2n) is 10.6. The fourth-order valence-electron chi connectivity index (χ4n) is 4.51.